The second kappa shape index (κ2) is 7.19. The van der Waals surface area contributed by atoms with Crippen molar-refractivity contribution < 1.29 is 4.79 Å². The number of hydrogen-bond donors (Lipinski definition) is 0. The highest BCUT2D eigenvalue weighted by Crippen LogP contribution is 2.26. The first kappa shape index (κ1) is 17.8. The standard InChI is InChI=1S/C23H22N4O/c1-17-22(23(28)27(24-17)20-8-5-4-6-9-20)16-21-10-7-15-26(21)19-13-11-18(12-14-19)25(2)3/h4-16H,1-3H3/b22-16-. The van der Waals surface area contributed by atoms with E-state index < -0.39 is 0 Å². The summed E-state index contributed by atoms with van der Waals surface area (Å²) >= 11 is 0. The molecule has 0 fully saturated rings. The molecular formula is C23H22N4O. The van der Waals surface area contributed by atoms with Crippen molar-refractivity contribution in [2.24, 2.45) is 5.10 Å². The number of anilines is 2. The van der Waals surface area contributed by atoms with E-state index >= 15 is 0 Å². The van der Waals surface area contributed by atoms with Gasteiger partial charge in [-0.25, -0.2) is 0 Å². The van der Waals surface area contributed by atoms with Gasteiger partial charge in [0.15, 0.2) is 0 Å². The Morgan fingerprint density at radius 2 is 1.61 bits per heavy atom. The van der Waals surface area contributed by atoms with E-state index in [0.29, 0.717) is 11.3 Å². The third kappa shape index (κ3) is 3.22. The van der Waals surface area contributed by atoms with Crippen LogP contribution in [0.5, 0.6) is 0 Å². The van der Waals surface area contributed by atoms with Gasteiger partial charge in [-0.15, -0.1) is 0 Å². The van der Waals surface area contributed by atoms with Crippen LogP contribution in [0.3, 0.4) is 0 Å². The van der Waals surface area contributed by atoms with E-state index in [1.807, 2.05) is 75.8 Å². The highest BCUT2D eigenvalue weighted by Gasteiger charge is 2.28. The number of amides is 1. The normalized spacial score (nSPS) is 15.2. The fraction of sp³-hybridized carbons (Fsp3) is 0.130. The zero-order valence-corrected chi connectivity index (χ0v) is 16.2. The summed E-state index contributed by atoms with van der Waals surface area (Å²) < 4.78 is 2.07. The maximum Gasteiger partial charge on any atom is 0.280 e. The lowest BCUT2D eigenvalue weighted by molar-refractivity contribution is -0.114. The van der Waals surface area contributed by atoms with E-state index in [1.165, 1.54) is 5.01 Å². The van der Waals surface area contributed by atoms with Gasteiger partial charge in [0, 0.05) is 37.4 Å². The number of hydrazone groups is 1. The molecule has 0 saturated heterocycles. The minimum Gasteiger partial charge on any atom is -0.378 e. The molecule has 1 aromatic heterocycles. The molecule has 0 saturated carbocycles. The van der Waals surface area contributed by atoms with Crippen molar-refractivity contribution >= 4 is 29.1 Å². The average Bonchev–Trinajstić information content (AvgIpc) is 3.29. The topological polar surface area (TPSA) is 40.8 Å². The van der Waals surface area contributed by atoms with Crippen molar-refractivity contribution in [3.63, 3.8) is 0 Å². The van der Waals surface area contributed by atoms with E-state index in [9.17, 15) is 4.79 Å². The smallest absolute Gasteiger partial charge is 0.280 e. The SMILES string of the molecule is CC1=NN(c2ccccc2)C(=O)/C1=C\c1cccn1-c1ccc(N(C)C)cc1. The number of rotatable bonds is 4. The first-order valence-electron chi connectivity index (χ1n) is 9.16. The van der Waals surface area contributed by atoms with Crippen LogP contribution < -0.4 is 9.91 Å². The van der Waals surface area contributed by atoms with Crippen LogP contribution in [0.2, 0.25) is 0 Å². The summed E-state index contributed by atoms with van der Waals surface area (Å²) in [5, 5.41) is 5.91. The van der Waals surface area contributed by atoms with Gasteiger partial charge in [0.05, 0.1) is 17.0 Å². The summed E-state index contributed by atoms with van der Waals surface area (Å²) in [6.07, 6.45) is 3.90. The van der Waals surface area contributed by atoms with Gasteiger partial charge < -0.3 is 9.47 Å². The van der Waals surface area contributed by atoms with Gasteiger partial charge >= 0.3 is 0 Å². The number of aromatic nitrogens is 1. The van der Waals surface area contributed by atoms with Crippen LogP contribution in [0.4, 0.5) is 11.4 Å². The molecule has 3 aromatic rings. The van der Waals surface area contributed by atoms with Crippen LogP contribution in [0, 0.1) is 0 Å². The largest absolute Gasteiger partial charge is 0.378 e. The number of carbonyl (C=O) groups excluding carboxylic acids is 1. The van der Waals surface area contributed by atoms with Crippen molar-refractivity contribution in [2.75, 3.05) is 24.0 Å². The Morgan fingerprint density at radius 1 is 0.893 bits per heavy atom. The molecule has 140 valence electrons. The molecule has 0 N–H and O–H groups in total. The molecule has 28 heavy (non-hydrogen) atoms. The maximum atomic E-state index is 12.9. The first-order valence-corrected chi connectivity index (χ1v) is 9.16. The van der Waals surface area contributed by atoms with Crippen molar-refractivity contribution in [3.8, 4) is 5.69 Å². The molecule has 0 bridgehead atoms. The quantitative estimate of drug-likeness (QED) is 0.641. The molecule has 1 aliphatic rings. The monoisotopic (exact) mass is 370 g/mol. The summed E-state index contributed by atoms with van der Waals surface area (Å²) in [7, 11) is 4.04. The molecule has 5 heteroatoms. The van der Waals surface area contributed by atoms with E-state index in [2.05, 4.69) is 38.8 Å². The molecule has 2 heterocycles. The summed E-state index contributed by atoms with van der Waals surface area (Å²) in [5.74, 6) is -0.112. The van der Waals surface area contributed by atoms with Gasteiger partial charge in [-0.2, -0.15) is 10.1 Å². The van der Waals surface area contributed by atoms with Gasteiger partial charge in [-0.05, 0) is 61.5 Å². The van der Waals surface area contributed by atoms with Crippen LogP contribution in [-0.4, -0.2) is 30.3 Å². The number of para-hydroxylation sites is 1. The molecule has 0 spiro atoms. The highest BCUT2D eigenvalue weighted by atomic mass is 16.2. The van der Waals surface area contributed by atoms with Gasteiger partial charge in [0.25, 0.3) is 5.91 Å². The fourth-order valence-electron chi connectivity index (χ4n) is 3.23. The Hall–Kier alpha value is -3.60. The molecule has 0 aliphatic carbocycles. The summed E-state index contributed by atoms with van der Waals surface area (Å²) in [6.45, 7) is 1.87. The average molecular weight is 370 g/mol. The predicted molar refractivity (Wildman–Crippen MR) is 115 cm³/mol. The highest BCUT2D eigenvalue weighted by molar-refractivity contribution is 6.32. The van der Waals surface area contributed by atoms with Crippen LogP contribution in [0.1, 0.15) is 12.6 Å². The number of benzene rings is 2. The lowest BCUT2D eigenvalue weighted by Crippen LogP contribution is -2.21. The molecule has 1 aliphatic heterocycles. The number of nitrogens with zero attached hydrogens (tertiary/aromatic N) is 4. The lowest BCUT2D eigenvalue weighted by Gasteiger charge is -2.14. The lowest BCUT2D eigenvalue weighted by atomic mass is 10.1. The Bertz CT molecular complexity index is 1060. The minimum atomic E-state index is -0.112. The second-order valence-electron chi connectivity index (χ2n) is 6.91. The molecule has 4 rings (SSSR count). The van der Waals surface area contributed by atoms with Gasteiger partial charge in [-0.1, -0.05) is 18.2 Å². The molecule has 0 unspecified atom stereocenters. The Balaban J connectivity index is 1.67. The van der Waals surface area contributed by atoms with Crippen molar-refractivity contribution in [1.29, 1.82) is 0 Å². The van der Waals surface area contributed by atoms with Gasteiger partial charge in [0.1, 0.15) is 0 Å². The van der Waals surface area contributed by atoms with Crippen LogP contribution in [-0.2, 0) is 4.79 Å². The Kier molecular flexibility index (Phi) is 4.57. The third-order valence-corrected chi connectivity index (χ3v) is 4.78. The molecule has 0 atom stereocenters. The van der Waals surface area contributed by atoms with Crippen LogP contribution >= 0.6 is 0 Å². The van der Waals surface area contributed by atoms with Gasteiger partial charge in [-0.3, -0.25) is 4.79 Å². The zero-order valence-electron chi connectivity index (χ0n) is 16.2. The van der Waals surface area contributed by atoms with E-state index in [1.54, 1.807) is 0 Å². The Morgan fingerprint density at radius 3 is 2.29 bits per heavy atom. The van der Waals surface area contributed by atoms with E-state index in [-0.39, 0.29) is 5.91 Å². The Labute approximate surface area is 164 Å². The molecule has 1 amide bonds. The summed E-state index contributed by atoms with van der Waals surface area (Å²) in [6, 6.07) is 21.8. The molecular weight excluding hydrogens is 348 g/mol. The van der Waals surface area contributed by atoms with Gasteiger partial charge in [0.2, 0.25) is 0 Å². The van der Waals surface area contributed by atoms with Crippen molar-refractivity contribution in [2.45, 2.75) is 6.92 Å². The third-order valence-electron chi connectivity index (χ3n) is 4.78. The molecule has 5 nitrogen and oxygen atoms in total. The number of carbonyl (C=O) groups is 1. The summed E-state index contributed by atoms with van der Waals surface area (Å²) in [4.78, 5) is 15.0. The van der Waals surface area contributed by atoms with Crippen LogP contribution in [0.15, 0.2) is 83.6 Å². The molecule has 2 aromatic carbocycles. The minimum absolute atomic E-state index is 0.112. The van der Waals surface area contributed by atoms with E-state index in [4.69, 9.17) is 0 Å². The summed E-state index contributed by atoms with van der Waals surface area (Å²) in [5.41, 5.74) is 5.21. The van der Waals surface area contributed by atoms with E-state index in [0.717, 1.165) is 22.8 Å². The second-order valence-corrected chi connectivity index (χ2v) is 6.91. The van der Waals surface area contributed by atoms with Crippen LogP contribution in [0.25, 0.3) is 11.8 Å². The number of hydrogen-bond acceptors (Lipinski definition) is 3. The molecule has 0 radical (unpaired) electrons. The fourth-order valence-corrected chi connectivity index (χ4v) is 3.23. The maximum absolute atomic E-state index is 12.9. The first-order chi connectivity index (χ1) is 13.5. The van der Waals surface area contributed by atoms with Crippen molar-refractivity contribution in [1.82, 2.24) is 4.57 Å². The predicted octanol–water partition coefficient (Wildman–Crippen LogP) is 4.35. The van der Waals surface area contributed by atoms with Crippen molar-refractivity contribution in [3.05, 3.63) is 84.2 Å². The zero-order chi connectivity index (χ0) is 19.7.